The van der Waals surface area contributed by atoms with Crippen LogP contribution in [0, 0.1) is 5.92 Å². The molecule has 0 saturated carbocycles. The molecular formula is C18H20F6N2O7. The first-order chi connectivity index (χ1) is 15.1. The van der Waals surface area contributed by atoms with Crippen molar-refractivity contribution < 1.29 is 60.9 Å². The van der Waals surface area contributed by atoms with E-state index in [-0.39, 0.29) is 17.7 Å². The average molecular weight is 490 g/mol. The maximum atomic E-state index is 12.2. The van der Waals surface area contributed by atoms with E-state index < -0.39 is 24.3 Å². The molecule has 33 heavy (non-hydrogen) atoms. The van der Waals surface area contributed by atoms with Crippen LogP contribution in [0.1, 0.15) is 29.6 Å². The lowest BCUT2D eigenvalue weighted by atomic mass is 9.93. The zero-order valence-corrected chi connectivity index (χ0v) is 16.7. The Kier molecular flexibility index (Phi) is 11.9. The number of aliphatic carboxylic acids is 2. The van der Waals surface area contributed by atoms with Crippen molar-refractivity contribution in [2.45, 2.75) is 31.6 Å². The fraction of sp³-hybridized carbons (Fsp3) is 0.444. The number of hydroxylamine groups is 1. The van der Waals surface area contributed by atoms with E-state index in [4.69, 9.17) is 25.0 Å². The Morgan fingerprint density at radius 1 is 0.879 bits per heavy atom. The highest BCUT2D eigenvalue weighted by Gasteiger charge is 2.38. The highest BCUT2D eigenvalue weighted by atomic mass is 19.4. The molecule has 0 spiro atoms. The Morgan fingerprint density at radius 3 is 1.61 bits per heavy atom. The molecule has 1 aliphatic rings. The Labute approximate surface area is 182 Å². The van der Waals surface area contributed by atoms with E-state index in [1.807, 2.05) is 35.2 Å². The molecule has 1 aromatic carbocycles. The van der Waals surface area contributed by atoms with E-state index in [2.05, 4.69) is 0 Å². The number of hydrogen-bond acceptors (Lipinski definition) is 5. The topological polar surface area (TPSA) is 144 Å². The number of likely N-dealkylation sites (tertiary alicyclic amines) is 1. The van der Waals surface area contributed by atoms with Crippen molar-refractivity contribution >= 4 is 23.8 Å². The molecule has 0 atom stereocenters. The van der Waals surface area contributed by atoms with Gasteiger partial charge < -0.3 is 15.1 Å². The number of benzene rings is 1. The van der Waals surface area contributed by atoms with Crippen molar-refractivity contribution in [1.82, 2.24) is 10.4 Å². The third-order valence-electron chi connectivity index (χ3n) is 4.01. The van der Waals surface area contributed by atoms with Crippen LogP contribution in [-0.4, -0.2) is 69.5 Å². The number of amides is 2. The minimum absolute atomic E-state index is 0.0469. The number of piperidine rings is 1. The van der Waals surface area contributed by atoms with E-state index in [1.54, 1.807) is 5.48 Å². The summed E-state index contributed by atoms with van der Waals surface area (Å²) < 4.78 is 63.5. The van der Waals surface area contributed by atoms with Crippen molar-refractivity contribution in [3.8, 4) is 0 Å². The lowest BCUT2D eigenvalue weighted by Gasteiger charge is -2.31. The summed E-state index contributed by atoms with van der Waals surface area (Å²) in [6, 6.07) is 9.22. The minimum Gasteiger partial charge on any atom is -0.475 e. The monoisotopic (exact) mass is 490 g/mol. The van der Waals surface area contributed by atoms with Gasteiger partial charge in [-0.05, 0) is 30.9 Å². The van der Waals surface area contributed by atoms with Gasteiger partial charge in [0.2, 0.25) is 5.91 Å². The summed E-state index contributed by atoms with van der Waals surface area (Å²) in [5, 5.41) is 22.7. The SMILES string of the molecule is O=C(CC1CCN(C(=O)c2ccccc2)CC1)NO.O=C(O)C(F)(F)F.O=C(O)C(F)(F)F. The van der Waals surface area contributed by atoms with Crippen LogP contribution in [-0.2, 0) is 14.4 Å². The first-order valence-corrected chi connectivity index (χ1v) is 8.97. The summed E-state index contributed by atoms with van der Waals surface area (Å²) in [7, 11) is 0. The van der Waals surface area contributed by atoms with Gasteiger partial charge in [0.1, 0.15) is 0 Å². The fourth-order valence-corrected chi connectivity index (χ4v) is 2.41. The number of rotatable bonds is 3. The molecule has 0 unspecified atom stereocenters. The smallest absolute Gasteiger partial charge is 0.475 e. The highest BCUT2D eigenvalue weighted by molar-refractivity contribution is 5.94. The molecule has 2 rings (SSSR count). The molecule has 9 nitrogen and oxygen atoms in total. The van der Waals surface area contributed by atoms with Crippen molar-refractivity contribution in [2.24, 2.45) is 5.92 Å². The molecule has 186 valence electrons. The standard InChI is InChI=1S/C14H18N2O3.2C2HF3O2/c17-13(15-19)10-11-6-8-16(9-7-11)14(18)12-4-2-1-3-5-12;2*3-2(4,5)1(6)7/h1-5,11,19H,6-10H2,(H,15,17);2*(H,6,7). The summed E-state index contributed by atoms with van der Waals surface area (Å²) in [6.07, 6.45) is -8.25. The van der Waals surface area contributed by atoms with Crippen molar-refractivity contribution in [2.75, 3.05) is 13.1 Å². The summed E-state index contributed by atoms with van der Waals surface area (Å²) in [4.78, 5) is 42.9. The van der Waals surface area contributed by atoms with Gasteiger partial charge in [-0.2, -0.15) is 26.3 Å². The van der Waals surface area contributed by atoms with Crippen LogP contribution in [0.2, 0.25) is 0 Å². The molecule has 1 aromatic rings. The van der Waals surface area contributed by atoms with E-state index in [0.29, 0.717) is 25.1 Å². The molecule has 0 radical (unpaired) electrons. The number of halogens is 6. The lowest BCUT2D eigenvalue weighted by molar-refractivity contribution is -0.193. The molecule has 0 aliphatic carbocycles. The third-order valence-corrected chi connectivity index (χ3v) is 4.01. The number of carbonyl (C=O) groups is 4. The van der Waals surface area contributed by atoms with Crippen molar-refractivity contribution in [1.29, 1.82) is 0 Å². The fourth-order valence-electron chi connectivity index (χ4n) is 2.41. The number of alkyl halides is 6. The normalized spacial score (nSPS) is 14.1. The molecule has 2 amide bonds. The van der Waals surface area contributed by atoms with Gasteiger partial charge >= 0.3 is 24.3 Å². The summed E-state index contributed by atoms with van der Waals surface area (Å²) in [6.45, 7) is 1.33. The quantitative estimate of drug-likeness (QED) is 0.290. The molecule has 1 heterocycles. The van der Waals surface area contributed by atoms with Crippen LogP contribution in [0.25, 0.3) is 0 Å². The van der Waals surface area contributed by atoms with E-state index in [0.717, 1.165) is 12.8 Å². The van der Waals surface area contributed by atoms with Crippen LogP contribution in [0.4, 0.5) is 26.3 Å². The summed E-state index contributed by atoms with van der Waals surface area (Å²) in [5.41, 5.74) is 2.36. The van der Waals surface area contributed by atoms with E-state index in [9.17, 15) is 35.9 Å². The molecular weight excluding hydrogens is 470 g/mol. The van der Waals surface area contributed by atoms with Gasteiger partial charge in [-0.1, -0.05) is 18.2 Å². The molecule has 15 heteroatoms. The molecule has 1 fully saturated rings. The number of carboxylic acids is 2. The molecule has 1 aliphatic heterocycles. The van der Waals surface area contributed by atoms with Crippen LogP contribution in [0.3, 0.4) is 0 Å². The second kappa shape index (κ2) is 13.2. The summed E-state index contributed by atoms with van der Waals surface area (Å²) >= 11 is 0. The molecule has 1 saturated heterocycles. The number of nitrogens with one attached hydrogen (secondary N) is 1. The number of carboxylic acid groups (broad SMARTS) is 2. The van der Waals surface area contributed by atoms with Gasteiger partial charge in [0.15, 0.2) is 0 Å². The van der Waals surface area contributed by atoms with Crippen LogP contribution < -0.4 is 5.48 Å². The second-order valence-electron chi connectivity index (χ2n) is 6.45. The first kappa shape index (κ1) is 29.6. The van der Waals surface area contributed by atoms with Gasteiger partial charge in [0, 0.05) is 25.1 Å². The van der Waals surface area contributed by atoms with Crippen LogP contribution in [0.15, 0.2) is 30.3 Å². The second-order valence-corrected chi connectivity index (χ2v) is 6.45. The lowest BCUT2D eigenvalue weighted by Crippen LogP contribution is -2.39. The van der Waals surface area contributed by atoms with Gasteiger partial charge in [-0.3, -0.25) is 14.8 Å². The molecule has 0 aromatic heterocycles. The number of nitrogens with zero attached hydrogens (tertiary/aromatic N) is 1. The molecule has 4 N–H and O–H groups in total. The Morgan fingerprint density at radius 2 is 1.27 bits per heavy atom. The van der Waals surface area contributed by atoms with Crippen LogP contribution >= 0.6 is 0 Å². The number of carbonyl (C=O) groups excluding carboxylic acids is 2. The zero-order valence-electron chi connectivity index (χ0n) is 16.7. The average Bonchev–Trinajstić information content (AvgIpc) is 2.74. The van der Waals surface area contributed by atoms with Crippen molar-refractivity contribution in [3.63, 3.8) is 0 Å². The largest absolute Gasteiger partial charge is 0.490 e. The zero-order chi connectivity index (χ0) is 25.8. The Hall–Kier alpha value is -3.36. The maximum absolute atomic E-state index is 12.2. The highest BCUT2D eigenvalue weighted by Crippen LogP contribution is 2.21. The van der Waals surface area contributed by atoms with Gasteiger partial charge in [-0.25, -0.2) is 15.1 Å². The Bertz CT molecular complexity index is 768. The van der Waals surface area contributed by atoms with Gasteiger partial charge in [0.05, 0.1) is 0 Å². The first-order valence-electron chi connectivity index (χ1n) is 8.97. The summed E-state index contributed by atoms with van der Waals surface area (Å²) in [5.74, 6) is -5.58. The van der Waals surface area contributed by atoms with E-state index in [1.165, 1.54) is 0 Å². The van der Waals surface area contributed by atoms with Crippen molar-refractivity contribution in [3.05, 3.63) is 35.9 Å². The van der Waals surface area contributed by atoms with Crippen LogP contribution in [0.5, 0.6) is 0 Å². The van der Waals surface area contributed by atoms with Gasteiger partial charge in [0.25, 0.3) is 5.91 Å². The van der Waals surface area contributed by atoms with E-state index >= 15 is 0 Å². The predicted molar refractivity (Wildman–Crippen MR) is 97.0 cm³/mol. The van der Waals surface area contributed by atoms with Gasteiger partial charge in [-0.15, -0.1) is 0 Å². The Balaban J connectivity index is 0.000000605. The predicted octanol–water partition coefficient (Wildman–Crippen LogP) is 2.70. The number of hydrogen-bond donors (Lipinski definition) is 4. The molecule has 0 bridgehead atoms. The minimum atomic E-state index is -5.08. The maximum Gasteiger partial charge on any atom is 0.490 e. The third kappa shape index (κ3) is 12.3.